The topological polar surface area (TPSA) is 123 Å². The molecule has 142 valence electrons. The van der Waals surface area contributed by atoms with Gasteiger partial charge < -0.3 is 10.1 Å². The first kappa shape index (κ1) is 20.0. The second-order valence-electron chi connectivity index (χ2n) is 6.62. The number of nitrogens with one attached hydrogen (secondary N) is 1. The van der Waals surface area contributed by atoms with Crippen molar-refractivity contribution in [2.45, 2.75) is 38.8 Å². The van der Waals surface area contributed by atoms with E-state index in [1.165, 1.54) is 11.0 Å². The third kappa shape index (κ3) is 5.34. The highest BCUT2D eigenvalue weighted by Crippen LogP contribution is 2.16. The number of hydrogen-bond acceptors (Lipinski definition) is 7. The molecular formula is C18H22N6O3. The first-order chi connectivity index (χ1) is 12.9. The molecule has 0 bridgehead atoms. The van der Waals surface area contributed by atoms with Crippen molar-refractivity contribution in [2.24, 2.45) is 5.92 Å². The minimum atomic E-state index is -1.04. The minimum Gasteiger partial charge on any atom is -0.454 e. The molecule has 0 saturated heterocycles. The molecule has 0 aliphatic rings. The van der Waals surface area contributed by atoms with Crippen molar-refractivity contribution in [3.63, 3.8) is 0 Å². The van der Waals surface area contributed by atoms with Crippen LogP contribution in [0.2, 0.25) is 0 Å². The number of amides is 1. The molecule has 0 radical (unpaired) electrons. The molecule has 0 aliphatic carbocycles. The second kappa shape index (κ2) is 8.89. The predicted octanol–water partition coefficient (Wildman–Crippen LogP) is 1.05. The zero-order valence-corrected chi connectivity index (χ0v) is 15.5. The van der Waals surface area contributed by atoms with Crippen molar-refractivity contribution in [1.29, 1.82) is 5.26 Å². The fourth-order valence-electron chi connectivity index (χ4n) is 2.29. The highest BCUT2D eigenvalue weighted by atomic mass is 16.5. The van der Waals surface area contributed by atoms with Crippen molar-refractivity contribution < 1.29 is 14.3 Å². The lowest BCUT2D eigenvalue weighted by Gasteiger charge is -2.27. The van der Waals surface area contributed by atoms with E-state index in [-0.39, 0.29) is 5.92 Å². The molecule has 0 aliphatic heterocycles. The molecule has 9 heteroatoms. The summed E-state index contributed by atoms with van der Waals surface area (Å²) in [5, 5.41) is 22.7. The van der Waals surface area contributed by atoms with E-state index in [9.17, 15) is 14.9 Å². The number of hydrogen-bond donors (Lipinski definition) is 1. The standard InChI is InChI=1S/C18H22N6O3/c1-13(2)18(3,11-19)21-16(25)10-27-17(26)15(24-12-20-22-23-24)9-14-7-5-4-6-8-14/h4-8,12-13,15H,9-10H2,1-3H3,(H,21,25)/t15-,18-/m1/s1. The third-order valence-corrected chi connectivity index (χ3v) is 4.36. The van der Waals surface area contributed by atoms with Gasteiger partial charge >= 0.3 is 5.97 Å². The Morgan fingerprint density at radius 3 is 2.59 bits per heavy atom. The molecule has 0 fully saturated rings. The van der Waals surface area contributed by atoms with Gasteiger partial charge in [0.15, 0.2) is 12.6 Å². The van der Waals surface area contributed by atoms with Crippen LogP contribution in [0.3, 0.4) is 0 Å². The number of tetrazole rings is 1. The Balaban J connectivity index is 2.02. The van der Waals surface area contributed by atoms with Crippen LogP contribution in [0.4, 0.5) is 0 Å². The zero-order valence-electron chi connectivity index (χ0n) is 15.5. The van der Waals surface area contributed by atoms with Crippen LogP contribution in [0.5, 0.6) is 0 Å². The maximum atomic E-state index is 12.5. The van der Waals surface area contributed by atoms with Crippen LogP contribution in [-0.2, 0) is 20.7 Å². The van der Waals surface area contributed by atoms with E-state index in [0.29, 0.717) is 6.42 Å². The van der Waals surface area contributed by atoms with Gasteiger partial charge in [0, 0.05) is 6.42 Å². The van der Waals surface area contributed by atoms with Crippen LogP contribution >= 0.6 is 0 Å². The molecule has 2 atom stereocenters. The van der Waals surface area contributed by atoms with Crippen LogP contribution in [-0.4, -0.2) is 44.2 Å². The minimum absolute atomic E-state index is 0.103. The van der Waals surface area contributed by atoms with Gasteiger partial charge in [-0.2, -0.15) is 5.26 Å². The summed E-state index contributed by atoms with van der Waals surface area (Å²) >= 11 is 0. The quantitative estimate of drug-likeness (QED) is 0.689. The third-order valence-electron chi connectivity index (χ3n) is 4.36. The molecule has 1 aromatic heterocycles. The summed E-state index contributed by atoms with van der Waals surface area (Å²) in [5.41, 5.74) is -0.140. The molecule has 0 spiro atoms. The molecule has 2 aromatic rings. The van der Waals surface area contributed by atoms with Crippen molar-refractivity contribution in [2.75, 3.05) is 6.61 Å². The van der Waals surface area contributed by atoms with E-state index in [1.54, 1.807) is 6.92 Å². The summed E-state index contributed by atoms with van der Waals surface area (Å²) in [7, 11) is 0. The molecule has 1 N–H and O–H groups in total. The normalized spacial score (nSPS) is 14.0. The predicted molar refractivity (Wildman–Crippen MR) is 95.0 cm³/mol. The van der Waals surface area contributed by atoms with Gasteiger partial charge in [0.25, 0.3) is 5.91 Å². The highest BCUT2D eigenvalue weighted by molar-refractivity contribution is 5.82. The summed E-state index contributed by atoms with van der Waals surface area (Å²) < 4.78 is 6.45. The summed E-state index contributed by atoms with van der Waals surface area (Å²) in [4.78, 5) is 24.6. The van der Waals surface area contributed by atoms with Crippen molar-refractivity contribution in [3.8, 4) is 6.07 Å². The Labute approximate surface area is 157 Å². The first-order valence-corrected chi connectivity index (χ1v) is 8.51. The van der Waals surface area contributed by atoms with Gasteiger partial charge in [-0.05, 0) is 28.8 Å². The Morgan fingerprint density at radius 1 is 1.33 bits per heavy atom. The Bertz CT molecular complexity index is 800. The van der Waals surface area contributed by atoms with Crippen molar-refractivity contribution in [1.82, 2.24) is 25.5 Å². The van der Waals surface area contributed by atoms with Gasteiger partial charge in [0.1, 0.15) is 11.9 Å². The molecule has 1 amide bonds. The maximum absolute atomic E-state index is 12.5. The molecule has 27 heavy (non-hydrogen) atoms. The van der Waals surface area contributed by atoms with E-state index < -0.39 is 30.1 Å². The number of benzene rings is 1. The lowest BCUT2D eigenvalue weighted by Crippen LogP contribution is -2.50. The monoisotopic (exact) mass is 370 g/mol. The van der Waals surface area contributed by atoms with Crippen LogP contribution in [0.1, 0.15) is 32.4 Å². The molecular weight excluding hydrogens is 348 g/mol. The lowest BCUT2D eigenvalue weighted by molar-refractivity contribution is -0.152. The van der Waals surface area contributed by atoms with Crippen LogP contribution < -0.4 is 5.32 Å². The smallest absolute Gasteiger partial charge is 0.331 e. The van der Waals surface area contributed by atoms with Gasteiger partial charge in [0.2, 0.25) is 0 Å². The van der Waals surface area contributed by atoms with E-state index in [0.717, 1.165) is 5.56 Å². The molecule has 1 aromatic carbocycles. The van der Waals surface area contributed by atoms with E-state index >= 15 is 0 Å². The summed E-state index contributed by atoms with van der Waals surface area (Å²) in [6.45, 7) is 4.78. The average molecular weight is 370 g/mol. The molecule has 9 nitrogen and oxygen atoms in total. The zero-order chi connectivity index (χ0) is 19.9. The fourth-order valence-corrected chi connectivity index (χ4v) is 2.29. The first-order valence-electron chi connectivity index (χ1n) is 8.51. The average Bonchev–Trinajstić information content (AvgIpc) is 3.19. The van der Waals surface area contributed by atoms with Crippen LogP contribution in [0.15, 0.2) is 36.7 Å². The number of nitrogens with zero attached hydrogens (tertiary/aromatic N) is 5. The number of carbonyl (C=O) groups is 2. The molecule has 0 saturated carbocycles. The summed E-state index contributed by atoms with van der Waals surface area (Å²) in [6.07, 6.45) is 1.63. The maximum Gasteiger partial charge on any atom is 0.331 e. The van der Waals surface area contributed by atoms with Gasteiger partial charge in [-0.3, -0.25) is 4.79 Å². The number of nitriles is 1. The fraction of sp³-hybridized carbons (Fsp3) is 0.444. The Hall–Kier alpha value is -3.28. The lowest BCUT2D eigenvalue weighted by atomic mass is 9.90. The Morgan fingerprint density at radius 2 is 2.04 bits per heavy atom. The number of ether oxygens (including phenoxy) is 1. The summed E-state index contributed by atoms with van der Waals surface area (Å²) in [6, 6.07) is 10.6. The second-order valence-corrected chi connectivity index (χ2v) is 6.62. The van der Waals surface area contributed by atoms with Crippen LogP contribution in [0, 0.1) is 17.2 Å². The van der Waals surface area contributed by atoms with Gasteiger partial charge in [-0.1, -0.05) is 44.2 Å². The largest absolute Gasteiger partial charge is 0.454 e. The van der Waals surface area contributed by atoms with E-state index in [1.807, 2.05) is 44.2 Å². The Kier molecular flexibility index (Phi) is 6.60. The molecule has 1 heterocycles. The van der Waals surface area contributed by atoms with Gasteiger partial charge in [-0.25, -0.2) is 9.48 Å². The number of rotatable bonds is 8. The van der Waals surface area contributed by atoms with Crippen LogP contribution in [0.25, 0.3) is 0 Å². The SMILES string of the molecule is CC(C)[C@@](C)(C#N)NC(=O)COC(=O)[C@@H](Cc1ccccc1)n1cnnn1. The van der Waals surface area contributed by atoms with E-state index in [4.69, 9.17) is 4.74 Å². The number of carbonyl (C=O) groups excluding carboxylic acids is 2. The molecule has 0 unspecified atom stereocenters. The number of esters is 1. The summed E-state index contributed by atoms with van der Waals surface area (Å²) in [5.74, 6) is -1.28. The van der Waals surface area contributed by atoms with Crippen molar-refractivity contribution >= 4 is 11.9 Å². The van der Waals surface area contributed by atoms with Gasteiger partial charge in [0.05, 0.1) is 6.07 Å². The van der Waals surface area contributed by atoms with Gasteiger partial charge in [-0.15, -0.1) is 5.10 Å². The van der Waals surface area contributed by atoms with Crippen molar-refractivity contribution in [3.05, 3.63) is 42.2 Å². The molecule has 2 rings (SSSR count). The number of aromatic nitrogens is 4. The van der Waals surface area contributed by atoms with E-state index in [2.05, 4.69) is 26.9 Å². The highest BCUT2D eigenvalue weighted by Gasteiger charge is 2.31.